The number of hydrogen-bond donors (Lipinski definition) is 1. The van der Waals surface area contributed by atoms with Crippen molar-refractivity contribution in [2.75, 3.05) is 0 Å². The molecule has 102 valence electrons. The molecule has 0 atom stereocenters. The lowest BCUT2D eigenvalue weighted by Gasteiger charge is -2.08. The molecule has 3 rings (SSSR count). The van der Waals surface area contributed by atoms with Crippen LogP contribution in [-0.4, -0.2) is 9.13 Å². The number of aryl methyl sites for hydroxylation is 2. The van der Waals surface area contributed by atoms with Crippen LogP contribution in [0.1, 0.15) is 5.56 Å². The van der Waals surface area contributed by atoms with Gasteiger partial charge in [0.25, 0.3) is 5.56 Å². The molecule has 4 nitrogen and oxygen atoms in total. The molecule has 2 heterocycles. The lowest BCUT2D eigenvalue weighted by Crippen LogP contribution is -2.20. The predicted molar refractivity (Wildman–Crippen MR) is 80.5 cm³/mol. The van der Waals surface area contributed by atoms with Crippen molar-refractivity contribution in [3.05, 3.63) is 70.8 Å². The number of hydrogen-bond acceptors (Lipinski definition) is 2. The average Bonchev–Trinajstić information content (AvgIpc) is 2.88. The van der Waals surface area contributed by atoms with Crippen molar-refractivity contribution in [3.63, 3.8) is 0 Å². The summed E-state index contributed by atoms with van der Waals surface area (Å²) in [6, 6.07) is 13.6. The number of fused-ring (bicyclic) bond motifs is 1. The van der Waals surface area contributed by atoms with E-state index in [1.165, 1.54) is 5.39 Å². The fourth-order valence-corrected chi connectivity index (χ4v) is 2.41. The van der Waals surface area contributed by atoms with Gasteiger partial charge in [-0.3, -0.25) is 4.79 Å². The van der Waals surface area contributed by atoms with Crippen molar-refractivity contribution >= 4 is 10.9 Å². The largest absolute Gasteiger partial charge is 0.346 e. The minimum atomic E-state index is 0.0339. The van der Waals surface area contributed by atoms with Crippen LogP contribution >= 0.6 is 0 Å². The average molecular weight is 267 g/mol. The summed E-state index contributed by atoms with van der Waals surface area (Å²) < 4.78 is 3.88. The molecule has 0 aliphatic rings. The Bertz CT molecular complexity index is 786. The second-order valence-corrected chi connectivity index (χ2v) is 4.84. The molecule has 0 bridgehead atoms. The van der Waals surface area contributed by atoms with E-state index in [0.29, 0.717) is 13.1 Å². The highest BCUT2D eigenvalue weighted by Crippen LogP contribution is 2.17. The molecule has 4 heteroatoms. The third-order valence-electron chi connectivity index (χ3n) is 3.55. The van der Waals surface area contributed by atoms with E-state index in [4.69, 9.17) is 5.73 Å². The molecule has 2 aromatic heterocycles. The molecule has 0 radical (unpaired) electrons. The molecule has 0 saturated carbocycles. The Labute approximate surface area is 117 Å². The zero-order valence-electron chi connectivity index (χ0n) is 11.2. The molecule has 3 aromatic rings. The third kappa shape index (κ3) is 2.38. The van der Waals surface area contributed by atoms with Crippen molar-refractivity contribution in [1.29, 1.82) is 0 Å². The fourth-order valence-electron chi connectivity index (χ4n) is 2.41. The number of nitrogens with zero attached hydrogens (tertiary/aromatic N) is 2. The molecular formula is C16H17N3O. The topological polar surface area (TPSA) is 52.9 Å². The smallest absolute Gasteiger partial charge is 0.250 e. The monoisotopic (exact) mass is 267 g/mol. The van der Waals surface area contributed by atoms with Crippen LogP contribution in [0, 0.1) is 0 Å². The van der Waals surface area contributed by atoms with Gasteiger partial charge in [0.15, 0.2) is 0 Å². The van der Waals surface area contributed by atoms with Gasteiger partial charge in [-0.25, -0.2) is 0 Å². The molecule has 0 unspecified atom stereocenters. The van der Waals surface area contributed by atoms with E-state index in [9.17, 15) is 4.79 Å². The predicted octanol–water partition coefficient (Wildman–Crippen LogP) is 1.96. The van der Waals surface area contributed by atoms with Gasteiger partial charge in [-0.05, 0) is 29.1 Å². The number of aromatic nitrogens is 2. The number of pyridine rings is 1. The summed E-state index contributed by atoms with van der Waals surface area (Å²) in [6.45, 7) is 1.97. The highest BCUT2D eigenvalue weighted by molar-refractivity contribution is 5.80. The van der Waals surface area contributed by atoms with Crippen molar-refractivity contribution in [2.24, 2.45) is 5.73 Å². The van der Waals surface area contributed by atoms with Gasteiger partial charge in [-0.2, -0.15) is 0 Å². The molecular weight excluding hydrogens is 250 g/mol. The number of benzene rings is 1. The maximum absolute atomic E-state index is 11.7. The Balaban J connectivity index is 1.88. The molecule has 0 spiro atoms. The molecule has 0 fully saturated rings. The molecule has 2 N–H and O–H groups in total. The van der Waals surface area contributed by atoms with E-state index in [-0.39, 0.29) is 5.56 Å². The number of rotatable bonds is 4. The molecule has 0 saturated heterocycles. The van der Waals surface area contributed by atoms with Gasteiger partial charge in [-0.1, -0.05) is 18.2 Å². The zero-order valence-corrected chi connectivity index (χ0v) is 11.2. The van der Waals surface area contributed by atoms with E-state index in [1.54, 1.807) is 16.7 Å². The highest BCUT2D eigenvalue weighted by Gasteiger charge is 2.02. The summed E-state index contributed by atoms with van der Waals surface area (Å²) in [6.07, 6.45) is 3.87. The van der Waals surface area contributed by atoms with E-state index < -0.39 is 0 Å². The van der Waals surface area contributed by atoms with Gasteiger partial charge >= 0.3 is 0 Å². The van der Waals surface area contributed by atoms with Crippen molar-refractivity contribution in [1.82, 2.24) is 9.13 Å². The summed E-state index contributed by atoms with van der Waals surface area (Å²) in [5.74, 6) is 0. The van der Waals surface area contributed by atoms with Crippen LogP contribution in [-0.2, 0) is 19.6 Å². The maximum Gasteiger partial charge on any atom is 0.250 e. The second kappa shape index (κ2) is 5.35. The van der Waals surface area contributed by atoms with Gasteiger partial charge in [0.2, 0.25) is 0 Å². The van der Waals surface area contributed by atoms with E-state index in [0.717, 1.165) is 17.6 Å². The van der Waals surface area contributed by atoms with Gasteiger partial charge in [0.1, 0.15) is 0 Å². The van der Waals surface area contributed by atoms with Gasteiger partial charge < -0.3 is 14.9 Å². The summed E-state index contributed by atoms with van der Waals surface area (Å²) in [5, 5.41) is 1.20. The van der Waals surface area contributed by atoms with E-state index in [2.05, 4.69) is 29.0 Å². The Kier molecular flexibility index (Phi) is 3.39. The van der Waals surface area contributed by atoms with Crippen LogP contribution in [0.4, 0.5) is 0 Å². The summed E-state index contributed by atoms with van der Waals surface area (Å²) >= 11 is 0. The van der Waals surface area contributed by atoms with Crippen molar-refractivity contribution < 1.29 is 0 Å². The quantitative estimate of drug-likeness (QED) is 0.785. The normalized spacial score (nSPS) is 11.1. The first-order chi connectivity index (χ1) is 9.78. The first-order valence-electron chi connectivity index (χ1n) is 6.71. The summed E-state index contributed by atoms with van der Waals surface area (Å²) in [7, 11) is 0. The van der Waals surface area contributed by atoms with Gasteiger partial charge in [0.05, 0.1) is 0 Å². The molecule has 0 aliphatic carbocycles. The summed E-state index contributed by atoms with van der Waals surface area (Å²) in [4.78, 5) is 11.7. The fraction of sp³-hybridized carbons (Fsp3) is 0.188. The highest BCUT2D eigenvalue weighted by atomic mass is 16.1. The van der Waals surface area contributed by atoms with Crippen LogP contribution in [0.2, 0.25) is 0 Å². The van der Waals surface area contributed by atoms with Crippen LogP contribution in [0.5, 0.6) is 0 Å². The first kappa shape index (κ1) is 12.7. The summed E-state index contributed by atoms with van der Waals surface area (Å²) in [5.41, 5.74) is 8.01. The van der Waals surface area contributed by atoms with Crippen LogP contribution < -0.4 is 11.3 Å². The minimum Gasteiger partial charge on any atom is -0.346 e. The lowest BCUT2D eigenvalue weighted by atomic mass is 10.1. The van der Waals surface area contributed by atoms with Gasteiger partial charge in [-0.15, -0.1) is 0 Å². The molecule has 0 amide bonds. The number of nitrogens with two attached hydrogens (primary N) is 1. The third-order valence-corrected chi connectivity index (χ3v) is 3.55. The van der Waals surface area contributed by atoms with Crippen molar-refractivity contribution in [3.8, 4) is 0 Å². The lowest BCUT2D eigenvalue weighted by molar-refractivity contribution is 0.577. The van der Waals surface area contributed by atoms with Crippen molar-refractivity contribution in [2.45, 2.75) is 19.6 Å². The zero-order chi connectivity index (χ0) is 13.9. The van der Waals surface area contributed by atoms with Gasteiger partial charge in [0, 0.05) is 43.6 Å². The molecule has 20 heavy (non-hydrogen) atoms. The SMILES string of the molecule is NCc1ccc2ccn(CCn3ccccc3=O)c2c1. The molecule has 0 aliphatic heterocycles. The van der Waals surface area contributed by atoms with Crippen LogP contribution in [0.15, 0.2) is 59.7 Å². The Hall–Kier alpha value is -2.33. The minimum absolute atomic E-state index is 0.0339. The molecule has 1 aromatic carbocycles. The van der Waals surface area contributed by atoms with Crippen LogP contribution in [0.25, 0.3) is 10.9 Å². The standard InChI is InChI=1S/C16H17N3O/c17-12-13-4-5-14-6-8-18(15(14)11-13)9-10-19-7-2-1-3-16(19)20/h1-8,11H,9-10,12,17H2. The van der Waals surface area contributed by atoms with E-state index >= 15 is 0 Å². The Morgan fingerprint density at radius 3 is 2.60 bits per heavy atom. The second-order valence-electron chi connectivity index (χ2n) is 4.84. The first-order valence-corrected chi connectivity index (χ1v) is 6.71. The Morgan fingerprint density at radius 1 is 0.950 bits per heavy atom. The Morgan fingerprint density at radius 2 is 1.80 bits per heavy atom. The maximum atomic E-state index is 11.7. The van der Waals surface area contributed by atoms with E-state index in [1.807, 2.05) is 18.3 Å². The van der Waals surface area contributed by atoms with Crippen LogP contribution in [0.3, 0.4) is 0 Å².